The van der Waals surface area contributed by atoms with Gasteiger partial charge >= 0.3 is 0 Å². The lowest BCUT2D eigenvalue weighted by atomic mass is 10.1. The van der Waals surface area contributed by atoms with E-state index in [0.29, 0.717) is 0 Å². The number of benzene rings is 4. The summed E-state index contributed by atoms with van der Waals surface area (Å²) in [6, 6.07) is 35.7. The first kappa shape index (κ1) is 21.4. The number of hydrogen-bond acceptors (Lipinski definition) is 2. The van der Waals surface area contributed by atoms with E-state index in [-0.39, 0.29) is 11.5 Å². The van der Waals surface area contributed by atoms with Gasteiger partial charge in [0, 0.05) is 44.3 Å². The van der Waals surface area contributed by atoms with E-state index >= 15 is 0 Å². The van der Waals surface area contributed by atoms with Crippen LogP contribution in [-0.2, 0) is 21.3 Å². The summed E-state index contributed by atoms with van der Waals surface area (Å²) in [6.45, 7) is 0. The van der Waals surface area contributed by atoms with Crippen molar-refractivity contribution in [3.8, 4) is 22.5 Å². The molecular weight excluding hydrogens is 452 g/mol. The lowest BCUT2D eigenvalue weighted by molar-refractivity contribution is 0.594. The Labute approximate surface area is 204 Å². The van der Waals surface area contributed by atoms with Crippen LogP contribution in [0.25, 0.3) is 44.3 Å². The van der Waals surface area contributed by atoms with Crippen molar-refractivity contribution in [2.45, 2.75) is 11.5 Å². The van der Waals surface area contributed by atoms with Crippen LogP contribution in [0, 0.1) is 0 Å². The number of H-pyrrole nitrogens is 2. The normalized spacial score (nSPS) is 11.9. The summed E-state index contributed by atoms with van der Waals surface area (Å²) < 4.78 is 26.9. The molecule has 2 N–H and O–H groups in total. The number of aromatic nitrogens is 2. The summed E-state index contributed by atoms with van der Waals surface area (Å²) in [4.78, 5) is 6.86. The Morgan fingerprint density at radius 3 is 1.37 bits per heavy atom. The van der Waals surface area contributed by atoms with Crippen molar-refractivity contribution in [1.82, 2.24) is 9.97 Å². The van der Waals surface area contributed by atoms with Gasteiger partial charge in [-0.1, -0.05) is 84.9 Å². The van der Waals surface area contributed by atoms with Crippen molar-refractivity contribution in [2.75, 3.05) is 0 Å². The molecule has 172 valence electrons. The van der Waals surface area contributed by atoms with Gasteiger partial charge in [-0.15, -0.1) is 0 Å². The molecule has 0 radical (unpaired) electrons. The molecule has 0 fully saturated rings. The van der Waals surface area contributed by atoms with E-state index < -0.39 is 9.84 Å². The highest BCUT2D eigenvalue weighted by Crippen LogP contribution is 2.31. The maximum atomic E-state index is 13.5. The summed E-state index contributed by atoms with van der Waals surface area (Å²) in [5, 5.41) is 2.21. The van der Waals surface area contributed by atoms with Gasteiger partial charge in [0.1, 0.15) is 0 Å². The Kier molecular flexibility index (Phi) is 5.27. The monoisotopic (exact) mass is 476 g/mol. The molecule has 0 spiro atoms. The fraction of sp³-hybridized carbons (Fsp3) is 0.0667. The van der Waals surface area contributed by atoms with Gasteiger partial charge in [0.15, 0.2) is 9.84 Å². The molecule has 0 aliphatic heterocycles. The Morgan fingerprint density at radius 1 is 0.514 bits per heavy atom. The van der Waals surface area contributed by atoms with Gasteiger partial charge in [-0.2, -0.15) is 0 Å². The van der Waals surface area contributed by atoms with Crippen LogP contribution in [0.3, 0.4) is 0 Å². The van der Waals surface area contributed by atoms with E-state index in [4.69, 9.17) is 0 Å². The number of hydrogen-bond donors (Lipinski definition) is 2. The van der Waals surface area contributed by atoms with E-state index in [1.54, 1.807) is 0 Å². The Bertz CT molecular complexity index is 1590. The highest BCUT2D eigenvalue weighted by Gasteiger charge is 2.19. The SMILES string of the molecule is O=S(=O)(Cc1ccccc1-c1cc2ccccc2[nH]1)Cc1ccccc1-c1cc2ccccc2[nH]1. The zero-order valence-corrected chi connectivity index (χ0v) is 19.8. The van der Waals surface area contributed by atoms with E-state index in [0.717, 1.165) is 55.4 Å². The zero-order chi connectivity index (χ0) is 23.8. The molecule has 5 heteroatoms. The third-order valence-corrected chi connectivity index (χ3v) is 7.93. The first-order valence-electron chi connectivity index (χ1n) is 11.6. The van der Waals surface area contributed by atoms with Crippen LogP contribution in [0.15, 0.2) is 109 Å². The largest absolute Gasteiger partial charge is 0.355 e. The predicted octanol–water partition coefficient (Wildman–Crippen LogP) is 7.10. The maximum Gasteiger partial charge on any atom is 0.158 e. The predicted molar refractivity (Wildman–Crippen MR) is 144 cm³/mol. The molecule has 0 saturated heterocycles. The number of sulfone groups is 1. The second-order valence-corrected chi connectivity index (χ2v) is 11.0. The summed E-state index contributed by atoms with van der Waals surface area (Å²) in [7, 11) is -3.44. The van der Waals surface area contributed by atoms with Crippen LogP contribution >= 0.6 is 0 Å². The van der Waals surface area contributed by atoms with Gasteiger partial charge in [0.2, 0.25) is 0 Å². The number of aromatic amines is 2. The van der Waals surface area contributed by atoms with Crippen molar-refractivity contribution < 1.29 is 8.42 Å². The molecule has 0 aliphatic carbocycles. The lowest BCUT2D eigenvalue weighted by Gasteiger charge is -2.12. The van der Waals surface area contributed by atoms with Crippen LogP contribution in [0.4, 0.5) is 0 Å². The Hall–Kier alpha value is -4.09. The smallest absolute Gasteiger partial charge is 0.158 e. The van der Waals surface area contributed by atoms with Crippen LogP contribution in [0.2, 0.25) is 0 Å². The molecule has 0 amide bonds. The van der Waals surface area contributed by atoms with E-state index in [9.17, 15) is 8.42 Å². The van der Waals surface area contributed by atoms with Gasteiger partial charge in [-0.05, 0) is 35.4 Å². The summed E-state index contributed by atoms with van der Waals surface area (Å²) in [5.74, 6) is -0.0564. The quantitative estimate of drug-likeness (QED) is 0.269. The standard InChI is InChI=1S/C30H24N2O2S/c33-35(34,19-23-11-1-5-13-25(23)29-17-21-9-3-7-15-27(21)31-29)20-24-12-2-6-14-26(24)30-18-22-10-4-8-16-28(22)32-30/h1-18,31-32H,19-20H2. The minimum absolute atomic E-state index is 0.0282. The lowest BCUT2D eigenvalue weighted by Crippen LogP contribution is -2.09. The number of nitrogens with one attached hydrogen (secondary N) is 2. The van der Waals surface area contributed by atoms with Crippen molar-refractivity contribution in [1.29, 1.82) is 0 Å². The molecule has 35 heavy (non-hydrogen) atoms. The Morgan fingerprint density at radius 2 is 0.914 bits per heavy atom. The minimum Gasteiger partial charge on any atom is -0.355 e. The average Bonchev–Trinajstić information content (AvgIpc) is 3.48. The molecular formula is C30H24N2O2S. The molecule has 0 saturated carbocycles. The zero-order valence-electron chi connectivity index (χ0n) is 19.0. The number of fused-ring (bicyclic) bond motifs is 2. The number of para-hydroxylation sites is 2. The molecule has 2 heterocycles. The van der Waals surface area contributed by atoms with Gasteiger partial charge in [0.25, 0.3) is 0 Å². The topological polar surface area (TPSA) is 65.7 Å². The molecule has 0 unspecified atom stereocenters. The van der Waals surface area contributed by atoms with E-state index in [2.05, 4.69) is 34.2 Å². The molecule has 4 aromatic carbocycles. The van der Waals surface area contributed by atoms with Crippen LogP contribution in [0.5, 0.6) is 0 Å². The molecule has 2 aromatic heterocycles. The maximum absolute atomic E-state index is 13.5. The van der Waals surface area contributed by atoms with E-state index in [1.165, 1.54) is 0 Å². The molecule has 4 nitrogen and oxygen atoms in total. The van der Waals surface area contributed by atoms with Crippen molar-refractivity contribution in [3.63, 3.8) is 0 Å². The van der Waals surface area contributed by atoms with Crippen molar-refractivity contribution >= 4 is 31.6 Å². The molecule has 0 atom stereocenters. The van der Waals surface area contributed by atoms with Gasteiger partial charge in [-0.25, -0.2) is 8.42 Å². The Balaban J connectivity index is 1.33. The first-order valence-corrected chi connectivity index (χ1v) is 13.4. The van der Waals surface area contributed by atoms with Crippen molar-refractivity contribution in [3.05, 3.63) is 120 Å². The summed E-state index contributed by atoms with van der Waals surface area (Å²) >= 11 is 0. The molecule has 6 aromatic rings. The molecule has 6 rings (SSSR count). The molecule has 0 aliphatic rings. The van der Waals surface area contributed by atoms with Gasteiger partial charge in [0.05, 0.1) is 11.5 Å². The second-order valence-electron chi connectivity index (χ2n) is 8.89. The van der Waals surface area contributed by atoms with Crippen LogP contribution in [-0.4, -0.2) is 18.4 Å². The fourth-order valence-electron chi connectivity index (χ4n) is 4.78. The van der Waals surface area contributed by atoms with Gasteiger partial charge in [-0.3, -0.25) is 0 Å². The highest BCUT2D eigenvalue weighted by molar-refractivity contribution is 7.89. The number of rotatable bonds is 6. The summed E-state index contributed by atoms with van der Waals surface area (Å²) in [6.07, 6.45) is 0. The van der Waals surface area contributed by atoms with Gasteiger partial charge < -0.3 is 9.97 Å². The van der Waals surface area contributed by atoms with Crippen LogP contribution < -0.4 is 0 Å². The van der Waals surface area contributed by atoms with Crippen LogP contribution in [0.1, 0.15) is 11.1 Å². The molecule has 0 bridgehead atoms. The minimum atomic E-state index is -3.44. The average molecular weight is 477 g/mol. The third-order valence-electron chi connectivity index (χ3n) is 6.43. The van der Waals surface area contributed by atoms with E-state index in [1.807, 2.05) is 84.9 Å². The fourth-order valence-corrected chi connectivity index (χ4v) is 6.33. The first-order chi connectivity index (χ1) is 17.1. The van der Waals surface area contributed by atoms with Crippen molar-refractivity contribution in [2.24, 2.45) is 0 Å². The third kappa shape index (κ3) is 4.27. The highest BCUT2D eigenvalue weighted by atomic mass is 32.2. The second kappa shape index (κ2) is 8.60. The summed E-state index contributed by atoms with van der Waals surface area (Å²) in [5.41, 5.74) is 7.34.